The molecule has 2 aliphatic rings. The molecule has 3 aromatic carbocycles. The van der Waals surface area contributed by atoms with E-state index in [0.717, 1.165) is 22.9 Å². The number of nitrogens with one attached hydrogen (secondary N) is 2. The average Bonchev–Trinajstić information content (AvgIpc) is 3.34. The lowest BCUT2D eigenvalue weighted by atomic mass is 10.1. The van der Waals surface area contributed by atoms with Crippen molar-refractivity contribution in [1.29, 1.82) is 0 Å². The zero-order valence-electron chi connectivity index (χ0n) is 23.4. The van der Waals surface area contributed by atoms with Crippen molar-refractivity contribution in [2.24, 2.45) is 15.1 Å². The van der Waals surface area contributed by atoms with E-state index in [9.17, 15) is 27.2 Å². The van der Waals surface area contributed by atoms with Crippen molar-refractivity contribution < 1.29 is 27.2 Å². The van der Waals surface area contributed by atoms with E-state index in [2.05, 4.69) is 20.6 Å². The van der Waals surface area contributed by atoms with Crippen molar-refractivity contribution >= 4 is 56.2 Å². The van der Waals surface area contributed by atoms with Gasteiger partial charge in [0.15, 0.2) is 5.17 Å². The van der Waals surface area contributed by atoms with Crippen molar-refractivity contribution in [2.45, 2.75) is 36.7 Å². The summed E-state index contributed by atoms with van der Waals surface area (Å²) in [4.78, 5) is 49.2. The fourth-order valence-corrected chi connectivity index (χ4v) is 5.97. The largest absolute Gasteiger partial charge is 0.355 e. The maximum Gasteiger partial charge on any atom is 0.259 e. The molecule has 0 unspecified atom stereocenters. The molecule has 0 spiro atoms. The first-order valence-electron chi connectivity index (χ1n) is 13.7. The van der Waals surface area contributed by atoms with Gasteiger partial charge in [0.25, 0.3) is 5.91 Å². The monoisotopic (exact) mass is 636 g/mol. The minimum Gasteiger partial charge on any atom is -0.355 e. The van der Waals surface area contributed by atoms with E-state index in [0.29, 0.717) is 35.2 Å². The molecular formula is C30H29FN6O5S2. The summed E-state index contributed by atoms with van der Waals surface area (Å²) in [7, 11) is -3.77. The number of para-hydroxylation sites is 1. The highest BCUT2D eigenvalue weighted by molar-refractivity contribution is 8.14. The molecule has 4 N–H and O–H groups in total. The number of nitrogens with zero attached hydrogens (tertiary/aromatic N) is 3. The average molecular weight is 637 g/mol. The first kappa shape index (κ1) is 31.0. The number of halogens is 1. The summed E-state index contributed by atoms with van der Waals surface area (Å²) in [5, 5.41) is 11.0. The Morgan fingerprint density at radius 3 is 2.39 bits per heavy atom. The lowest BCUT2D eigenvalue weighted by molar-refractivity contribution is -0.125. The van der Waals surface area contributed by atoms with Gasteiger partial charge < -0.3 is 10.6 Å². The van der Waals surface area contributed by atoms with Crippen molar-refractivity contribution in [2.75, 3.05) is 12.3 Å². The molecule has 228 valence electrons. The van der Waals surface area contributed by atoms with Crippen molar-refractivity contribution in [3.05, 3.63) is 95.3 Å². The number of hydrogen-bond donors (Lipinski definition) is 3. The highest BCUT2D eigenvalue weighted by Gasteiger charge is 2.41. The lowest BCUT2D eigenvalue weighted by Crippen LogP contribution is -2.42. The third-order valence-corrected chi connectivity index (χ3v) is 8.78. The van der Waals surface area contributed by atoms with E-state index < -0.39 is 16.1 Å². The van der Waals surface area contributed by atoms with Crippen LogP contribution in [0.1, 0.15) is 29.5 Å². The quantitative estimate of drug-likeness (QED) is 0.293. The van der Waals surface area contributed by atoms with E-state index in [4.69, 9.17) is 5.14 Å². The zero-order chi connectivity index (χ0) is 31.3. The van der Waals surface area contributed by atoms with Gasteiger partial charge in [0.05, 0.1) is 16.3 Å². The van der Waals surface area contributed by atoms with Gasteiger partial charge in [0, 0.05) is 25.1 Å². The number of aliphatic imine (C=N–C) groups is 2. The summed E-state index contributed by atoms with van der Waals surface area (Å²) in [6.45, 7) is 0.566. The molecule has 2 heterocycles. The van der Waals surface area contributed by atoms with Crippen LogP contribution >= 0.6 is 11.8 Å². The van der Waals surface area contributed by atoms with Crippen LogP contribution in [0.5, 0.6) is 0 Å². The van der Waals surface area contributed by atoms with Crippen molar-refractivity contribution in [3.8, 4) is 0 Å². The van der Waals surface area contributed by atoms with Crippen molar-refractivity contribution in [1.82, 2.24) is 15.5 Å². The first-order valence-corrected chi connectivity index (χ1v) is 16.2. The van der Waals surface area contributed by atoms with E-state index in [1.807, 2.05) is 18.2 Å². The minimum atomic E-state index is -3.77. The standard InChI is InChI=1S/C30H29FN6O5S2/c31-21-9-5-20(6-10-21)17-34-26(38)14-13-25-29(40)37-28(35-25)23-3-1-2-4-24(23)36-30(37)43-18-27(39)33-16-15-19-7-11-22(12-8-19)44(32,41)42/h1-12,25H,13-18H2,(H,33,39)(H,34,38)(H2,32,41,42)/t25-/m0/s1. The molecule has 3 amide bonds. The molecule has 1 atom stereocenters. The number of rotatable bonds is 11. The Labute approximate surface area is 257 Å². The molecular weight excluding hydrogens is 607 g/mol. The van der Waals surface area contributed by atoms with Crippen LogP contribution < -0.4 is 15.8 Å². The van der Waals surface area contributed by atoms with Gasteiger partial charge in [-0.05, 0) is 60.4 Å². The number of nitrogens with two attached hydrogens (primary N) is 1. The van der Waals surface area contributed by atoms with Gasteiger partial charge in [-0.3, -0.25) is 19.4 Å². The fourth-order valence-electron chi connectivity index (χ4n) is 4.62. The number of primary sulfonamides is 1. The SMILES string of the molecule is NS(=O)(=O)c1ccc(CCNC(=O)CSC2=Nc3ccccc3C3=N[C@@H](CCC(=O)NCc4ccc(F)cc4)C(=O)N23)cc1. The maximum atomic E-state index is 13.4. The van der Waals surface area contributed by atoms with Crippen LogP contribution in [0.4, 0.5) is 10.1 Å². The Morgan fingerprint density at radius 2 is 1.66 bits per heavy atom. The summed E-state index contributed by atoms with van der Waals surface area (Å²) < 4.78 is 35.9. The van der Waals surface area contributed by atoms with Gasteiger partial charge in [0.1, 0.15) is 17.7 Å². The Bertz CT molecular complexity index is 1740. The Balaban J connectivity index is 1.16. The predicted molar refractivity (Wildman–Crippen MR) is 165 cm³/mol. The van der Waals surface area contributed by atoms with E-state index in [1.54, 1.807) is 30.3 Å². The second-order valence-corrected chi connectivity index (χ2v) is 12.6. The van der Waals surface area contributed by atoms with Crippen LogP contribution in [-0.4, -0.2) is 60.4 Å². The van der Waals surface area contributed by atoms with E-state index in [1.165, 1.54) is 29.2 Å². The summed E-state index contributed by atoms with van der Waals surface area (Å²) in [5.74, 6) is -0.770. The van der Waals surface area contributed by atoms with Crippen molar-refractivity contribution in [3.63, 3.8) is 0 Å². The molecule has 0 radical (unpaired) electrons. The highest BCUT2D eigenvalue weighted by atomic mass is 32.2. The van der Waals surface area contributed by atoms with Gasteiger partial charge in [-0.15, -0.1) is 0 Å². The smallest absolute Gasteiger partial charge is 0.259 e. The molecule has 44 heavy (non-hydrogen) atoms. The Kier molecular flexibility index (Phi) is 9.52. The Hall–Kier alpha value is -4.40. The molecule has 0 aliphatic carbocycles. The number of sulfonamides is 1. The van der Waals surface area contributed by atoms with Crippen LogP contribution in [0.15, 0.2) is 87.7 Å². The van der Waals surface area contributed by atoms with Crippen LogP contribution in [0.25, 0.3) is 0 Å². The summed E-state index contributed by atoms with van der Waals surface area (Å²) in [6.07, 6.45) is 0.736. The normalized spacial score (nSPS) is 15.6. The number of benzene rings is 3. The molecule has 0 fully saturated rings. The summed E-state index contributed by atoms with van der Waals surface area (Å²) in [5.41, 5.74) is 2.90. The number of carbonyl (C=O) groups is 3. The number of hydrogen-bond acceptors (Lipinski definition) is 8. The first-order chi connectivity index (χ1) is 21.1. The maximum absolute atomic E-state index is 13.4. The molecule has 3 aromatic rings. The molecule has 2 aliphatic heterocycles. The second kappa shape index (κ2) is 13.5. The molecule has 0 saturated carbocycles. The Morgan fingerprint density at radius 1 is 0.955 bits per heavy atom. The van der Waals surface area contributed by atoms with E-state index in [-0.39, 0.29) is 53.6 Å². The summed E-state index contributed by atoms with van der Waals surface area (Å²) in [6, 6.07) is 18.4. The number of amides is 3. The third-order valence-electron chi connectivity index (χ3n) is 6.92. The molecule has 0 saturated heterocycles. The number of thioether (sulfide) groups is 1. The number of carbonyl (C=O) groups excluding carboxylic acids is 3. The lowest BCUT2D eigenvalue weighted by Gasteiger charge is -2.25. The topological polar surface area (TPSA) is 163 Å². The van der Waals surface area contributed by atoms with Gasteiger partial charge in [-0.25, -0.2) is 27.8 Å². The fraction of sp³-hybridized carbons (Fsp3) is 0.233. The molecule has 14 heteroatoms. The summed E-state index contributed by atoms with van der Waals surface area (Å²) >= 11 is 1.11. The molecule has 5 rings (SSSR count). The van der Waals surface area contributed by atoms with Crippen LogP contribution in [0.2, 0.25) is 0 Å². The molecule has 11 nitrogen and oxygen atoms in total. The number of fused-ring (bicyclic) bond motifs is 3. The molecule has 0 aromatic heterocycles. The van der Waals surface area contributed by atoms with E-state index >= 15 is 0 Å². The van der Waals surface area contributed by atoms with Gasteiger partial charge in [-0.1, -0.05) is 48.2 Å². The van der Waals surface area contributed by atoms with Crippen LogP contribution in [0, 0.1) is 5.82 Å². The van der Waals surface area contributed by atoms with Gasteiger partial charge >= 0.3 is 0 Å². The number of amidine groups is 2. The van der Waals surface area contributed by atoms with Gasteiger partial charge in [-0.2, -0.15) is 0 Å². The highest BCUT2D eigenvalue weighted by Crippen LogP contribution is 2.34. The van der Waals surface area contributed by atoms with Crippen LogP contribution in [-0.2, 0) is 37.4 Å². The van der Waals surface area contributed by atoms with Gasteiger partial charge in [0.2, 0.25) is 21.8 Å². The zero-order valence-corrected chi connectivity index (χ0v) is 25.0. The molecule has 0 bridgehead atoms. The minimum absolute atomic E-state index is 0.00112. The third kappa shape index (κ3) is 7.56. The second-order valence-electron chi connectivity index (χ2n) is 10.1. The van der Waals surface area contributed by atoms with Crippen LogP contribution in [0.3, 0.4) is 0 Å². The predicted octanol–water partition coefficient (Wildman–Crippen LogP) is 2.62.